The summed E-state index contributed by atoms with van der Waals surface area (Å²) in [4.78, 5) is 36.7. The number of halogens is 1. The van der Waals surface area contributed by atoms with Gasteiger partial charge in [0, 0.05) is 29.0 Å². The highest BCUT2D eigenvalue weighted by Crippen LogP contribution is 2.36. The molecule has 0 bridgehead atoms. The largest absolute Gasteiger partial charge is 0.337 e. The summed E-state index contributed by atoms with van der Waals surface area (Å²) in [6.07, 6.45) is 7.51. The number of nitrogens with zero attached hydrogens (tertiary/aromatic N) is 2. The van der Waals surface area contributed by atoms with Gasteiger partial charge in [-0.25, -0.2) is 4.98 Å². The zero-order chi connectivity index (χ0) is 23.5. The van der Waals surface area contributed by atoms with E-state index < -0.39 is 0 Å². The highest BCUT2D eigenvalue weighted by atomic mass is 35.5. The number of carbonyl (C=O) groups is 1. The van der Waals surface area contributed by atoms with Crippen LogP contribution in [0.15, 0.2) is 29.1 Å². The van der Waals surface area contributed by atoms with Crippen LogP contribution < -0.4 is 5.56 Å². The highest BCUT2D eigenvalue weighted by molar-refractivity contribution is 6.30. The number of fused-ring (bicyclic) bond motifs is 1. The van der Waals surface area contributed by atoms with Gasteiger partial charge in [-0.05, 0) is 55.4 Å². The molecule has 1 amide bonds. The summed E-state index contributed by atoms with van der Waals surface area (Å²) in [5, 5.41) is 0.649. The summed E-state index contributed by atoms with van der Waals surface area (Å²) >= 11 is 6.04. The molecular weight excluding hydrogens is 434 g/mol. The molecule has 1 aromatic heterocycles. The quantitative estimate of drug-likeness (QED) is 0.532. The van der Waals surface area contributed by atoms with Crippen LogP contribution in [-0.2, 0) is 11.3 Å². The number of aromatic amines is 1. The van der Waals surface area contributed by atoms with E-state index in [1.807, 2.05) is 17.0 Å². The molecule has 33 heavy (non-hydrogen) atoms. The van der Waals surface area contributed by atoms with Gasteiger partial charge in [-0.2, -0.15) is 0 Å². The molecule has 5 nitrogen and oxygen atoms in total. The minimum Gasteiger partial charge on any atom is -0.337 e. The second-order valence-electron chi connectivity index (χ2n) is 10.2. The third kappa shape index (κ3) is 5.34. The lowest BCUT2D eigenvalue weighted by Gasteiger charge is -2.37. The summed E-state index contributed by atoms with van der Waals surface area (Å²) < 4.78 is 0. The molecule has 178 valence electrons. The van der Waals surface area contributed by atoms with E-state index in [0.29, 0.717) is 41.3 Å². The molecule has 1 aliphatic carbocycles. The molecule has 1 aliphatic heterocycles. The average Bonchev–Trinajstić information content (AvgIpc) is 2.97. The molecule has 2 aromatic rings. The van der Waals surface area contributed by atoms with Crippen molar-refractivity contribution < 1.29 is 4.79 Å². The molecule has 6 heteroatoms. The average molecular weight is 470 g/mol. The number of benzene rings is 1. The second kappa shape index (κ2) is 10.4. The van der Waals surface area contributed by atoms with Gasteiger partial charge in [-0.1, -0.05) is 58.1 Å². The minimum atomic E-state index is -0.133. The van der Waals surface area contributed by atoms with Gasteiger partial charge >= 0.3 is 0 Å². The zero-order valence-corrected chi connectivity index (χ0v) is 20.8. The SMILES string of the molecule is CCCCC1CN(C(=O)C2CC(C)CCCC2C)Cc2c1nc(-c1ccc(Cl)cc1)[nH]c2=O. The third-order valence-corrected chi connectivity index (χ3v) is 7.83. The van der Waals surface area contributed by atoms with Gasteiger partial charge < -0.3 is 9.88 Å². The van der Waals surface area contributed by atoms with E-state index in [2.05, 4.69) is 25.8 Å². The van der Waals surface area contributed by atoms with Crippen molar-refractivity contribution in [2.75, 3.05) is 6.54 Å². The van der Waals surface area contributed by atoms with E-state index in [4.69, 9.17) is 16.6 Å². The van der Waals surface area contributed by atoms with Crippen LogP contribution >= 0.6 is 11.6 Å². The fraction of sp³-hybridized carbons (Fsp3) is 0.593. The van der Waals surface area contributed by atoms with Gasteiger partial charge in [-0.3, -0.25) is 9.59 Å². The molecule has 1 N–H and O–H groups in total. The molecular formula is C27H36ClN3O2. The maximum absolute atomic E-state index is 13.7. The Morgan fingerprint density at radius 1 is 1.21 bits per heavy atom. The Balaban J connectivity index is 1.66. The predicted molar refractivity (Wildman–Crippen MR) is 133 cm³/mol. The summed E-state index contributed by atoms with van der Waals surface area (Å²) in [6, 6.07) is 7.36. The van der Waals surface area contributed by atoms with Crippen molar-refractivity contribution in [2.45, 2.75) is 78.2 Å². The van der Waals surface area contributed by atoms with Crippen LogP contribution in [0.3, 0.4) is 0 Å². The molecule has 0 radical (unpaired) electrons. The van der Waals surface area contributed by atoms with Crippen LogP contribution in [0.5, 0.6) is 0 Å². The first-order valence-electron chi connectivity index (χ1n) is 12.5. The molecule has 0 saturated heterocycles. The molecule has 2 aliphatic rings. The van der Waals surface area contributed by atoms with Crippen LogP contribution in [0.1, 0.15) is 82.9 Å². The Bertz CT molecular complexity index is 1030. The van der Waals surface area contributed by atoms with Crippen LogP contribution in [0.25, 0.3) is 11.4 Å². The zero-order valence-electron chi connectivity index (χ0n) is 20.1. The number of unbranched alkanes of at least 4 members (excludes halogenated alkanes) is 1. The van der Waals surface area contributed by atoms with Gasteiger partial charge in [0.2, 0.25) is 5.91 Å². The molecule has 1 saturated carbocycles. The number of aromatic nitrogens is 2. The maximum Gasteiger partial charge on any atom is 0.256 e. The number of carbonyl (C=O) groups excluding carboxylic acids is 1. The van der Waals surface area contributed by atoms with E-state index in [1.165, 1.54) is 12.8 Å². The Hall–Kier alpha value is -2.14. The van der Waals surface area contributed by atoms with E-state index in [1.54, 1.807) is 12.1 Å². The van der Waals surface area contributed by atoms with Crippen molar-refractivity contribution in [2.24, 2.45) is 17.8 Å². The monoisotopic (exact) mass is 469 g/mol. The van der Waals surface area contributed by atoms with Crippen molar-refractivity contribution in [1.82, 2.24) is 14.9 Å². The molecule has 2 heterocycles. The summed E-state index contributed by atoms with van der Waals surface area (Å²) in [7, 11) is 0. The molecule has 4 atom stereocenters. The van der Waals surface area contributed by atoms with Gasteiger partial charge in [-0.15, -0.1) is 0 Å². The number of nitrogens with one attached hydrogen (secondary N) is 1. The smallest absolute Gasteiger partial charge is 0.256 e. The lowest BCUT2D eigenvalue weighted by atomic mass is 9.84. The van der Waals surface area contributed by atoms with Crippen molar-refractivity contribution in [1.29, 1.82) is 0 Å². The summed E-state index contributed by atoms with van der Waals surface area (Å²) in [5.74, 6) is 1.90. The number of hydrogen-bond donors (Lipinski definition) is 1. The van der Waals surface area contributed by atoms with E-state index >= 15 is 0 Å². The van der Waals surface area contributed by atoms with Crippen LogP contribution in [0, 0.1) is 17.8 Å². The number of hydrogen-bond acceptors (Lipinski definition) is 3. The molecule has 0 spiro atoms. The number of rotatable bonds is 5. The van der Waals surface area contributed by atoms with Crippen molar-refractivity contribution in [3.63, 3.8) is 0 Å². The normalized spacial score (nSPS) is 25.4. The van der Waals surface area contributed by atoms with Crippen molar-refractivity contribution in [3.8, 4) is 11.4 Å². The Kier molecular flexibility index (Phi) is 7.58. The first-order valence-corrected chi connectivity index (χ1v) is 12.9. The van der Waals surface area contributed by atoms with Crippen molar-refractivity contribution in [3.05, 3.63) is 50.9 Å². The fourth-order valence-electron chi connectivity index (χ4n) is 5.56. The van der Waals surface area contributed by atoms with Crippen LogP contribution in [0.2, 0.25) is 5.02 Å². The maximum atomic E-state index is 13.7. The topological polar surface area (TPSA) is 66.1 Å². The summed E-state index contributed by atoms with van der Waals surface area (Å²) in [5.41, 5.74) is 2.23. The molecule has 1 fully saturated rings. The van der Waals surface area contributed by atoms with E-state index in [0.717, 1.165) is 43.4 Å². The molecule has 4 rings (SSSR count). The van der Waals surface area contributed by atoms with Gasteiger partial charge in [0.15, 0.2) is 0 Å². The van der Waals surface area contributed by atoms with Crippen LogP contribution in [-0.4, -0.2) is 27.3 Å². The Morgan fingerprint density at radius 3 is 2.70 bits per heavy atom. The first-order chi connectivity index (χ1) is 15.9. The Labute approximate surface area is 202 Å². The summed E-state index contributed by atoms with van der Waals surface area (Å²) in [6.45, 7) is 7.67. The molecule has 1 aromatic carbocycles. The van der Waals surface area contributed by atoms with E-state index in [9.17, 15) is 9.59 Å². The second-order valence-corrected chi connectivity index (χ2v) is 10.6. The van der Waals surface area contributed by atoms with Crippen molar-refractivity contribution >= 4 is 17.5 Å². The lowest BCUT2D eigenvalue weighted by molar-refractivity contribution is -0.139. The lowest BCUT2D eigenvalue weighted by Crippen LogP contribution is -2.45. The van der Waals surface area contributed by atoms with Gasteiger partial charge in [0.25, 0.3) is 5.56 Å². The highest BCUT2D eigenvalue weighted by Gasteiger charge is 2.37. The standard InChI is InChI=1S/C27H36ClN3O2/c1-4-5-9-20-15-31(27(33)22-14-17(2)7-6-8-18(22)3)16-23-24(20)29-25(30-26(23)32)19-10-12-21(28)13-11-19/h10-13,17-18,20,22H,4-9,14-16H2,1-3H3,(H,29,30,32). The van der Waals surface area contributed by atoms with Gasteiger partial charge in [0.05, 0.1) is 17.8 Å². The fourth-order valence-corrected chi connectivity index (χ4v) is 5.68. The number of H-pyrrole nitrogens is 1. The predicted octanol–water partition coefficient (Wildman–Crippen LogP) is 6.17. The van der Waals surface area contributed by atoms with E-state index in [-0.39, 0.29) is 23.3 Å². The minimum absolute atomic E-state index is 0.0521. The Morgan fingerprint density at radius 2 is 1.97 bits per heavy atom. The first kappa shape index (κ1) is 24.0. The molecule has 4 unspecified atom stereocenters. The van der Waals surface area contributed by atoms with Crippen LogP contribution in [0.4, 0.5) is 0 Å². The third-order valence-electron chi connectivity index (χ3n) is 7.58. The number of amides is 1. The van der Waals surface area contributed by atoms with Gasteiger partial charge in [0.1, 0.15) is 5.82 Å².